The molecule has 0 aromatic heterocycles. The molecule has 4 nitrogen and oxygen atoms in total. The molecule has 5 heterocycles. The van der Waals surface area contributed by atoms with Gasteiger partial charge < -0.3 is 0 Å². The van der Waals surface area contributed by atoms with Gasteiger partial charge in [0.15, 0.2) is 0 Å². The first-order valence-corrected chi connectivity index (χ1v) is 32.2. The van der Waals surface area contributed by atoms with Crippen LogP contribution in [-0.2, 0) is 0 Å². The Morgan fingerprint density at radius 3 is 1.12 bits per heavy atom. The fraction of sp³-hybridized carbons (Fsp3) is 0.296. The lowest BCUT2D eigenvalue weighted by atomic mass is 9.90. The van der Waals surface area contributed by atoms with Crippen LogP contribution in [0, 0.1) is 56.0 Å². The van der Waals surface area contributed by atoms with E-state index in [1.54, 1.807) is 0 Å². The molecule has 0 saturated heterocycles. The molecule has 0 aliphatic carbocycles. The van der Waals surface area contributed by atoms with Gasteiger partial charge in [-0.15, -0.1) is 17.5 Å². The van der Waals surface area contributed by atoms with Crippen LogP contribution in [0.1, 0.15) is 139 Å². The number of hydrogen-bond donors (Lipinski definition) is 0. The molecule has 0 spiro atoms. The van der Waals surface area contributed by atoms with E-state index in [2.05, 4.69) is 248 Å². The number of rotatable bonds is 10. The standard InChI is InChI=1S/C71H74N4Si2/c1-17-55-20-18-19-21-58(55)70-63-34-30-59(72-63)68(56-26-22-53(23-27-56)38-40-76(44(2)3,45(4)5)46(6)7)61-32-36-65(74-61)71(67-51(15)42-50(14)43-52(67)16)66-37-33-62(75-66)69(60-31-35-64(70)73-60)57-28-24-54(25-29-57)39-41-77(47(8)9,48(10)11)49(12)13/h1,18-37,42-49H,2-16H3. The first-order valence-electron chi connectivity index (χ1n) is 27.8. The van der Waals surface area contributed by atoms with E-state index in [-0.39, 0.29) is 0 Å². The summed E-state index contributed by atoms with van der Waals surface area (Å²) in [5, 5.41) is 0. The minimum atomic E-state index is -1.95. The van der Waals surface area contributed by atoms with Crippen molar-refractivity contribution in [3.8, 4) is 35.3 Å². The van der Waals surface area contributed by atoms with Gasteiger partial charge in [-0.05, 0) is 161 Å². The molecule has 386 valence electrons. The van der Waals surface area contributed by atoms with Gasteiger partial charge in [-0.25, -0.2) is 20.0 Å². The number of terminal acetylenes is 1. The average Bonchev–Trinajstić information content (AvgIpc) is 4.26. The number of benzene rings is 4. The van der Waals surface area contributed by atoms with Crippen molar-refractivity contribution < 1.29 is 0 Å². The summed E-state index contributed by atoms with van der Waals surface area (Å²) >= 11 is 0. The van der Waals surface area contributed by atoms with Crippen molar-refractivity contribution in [2.45, 2.75) is 137 Å². The molecule has 0 unspecified atom stereocenters. The number of aliphatic imine (C=N–C) groups is 4. The van der Waals surface area contributed by atoms with E-state index < -0.39 is 16.1 Å². The SMILES string of the molecule is C#Cc1ccccc1C1=C2C=CC(=N2)C(c2ccc(C#C[Si](C(C)C)(C(C)C)C(C)C)cc2)=C2C=CC(=N2)C(c2c(C)cc(C)cc2C)=C2C=CC(=N2)C(c2ccc(C#C[Si](C(C)C)(C(C)C)C(C)C)cc2)=C2C=CC1=N2. The van der Waals surface area contributed by atoms with Crippen LogP contribution in [-0.4, -0.2) is 39.0 Å². The third-order valence-corrected chi connectivity index (χ3v) is 29.4. The first-order chi connectivity index (χ1) is 36.8. The number of hydrogen-bond acceptors (Lipinski definition) is 4. The lowest BCUT2D eigenvalue weighted by molar-refractivity contribution is 0.838. The van der Waals surface area contributed by atoms with Gasteiger partial charge in [0.2, 0.25) is 0 Å². The van der Waals surface area contributed by atoms with Crippen LogP contribution in [0.5, 0.6) is 0 Å². The zero-order valence-electron chi connectivity index (χ0n) is 48.0. The predicted octanol–water partition coefficient (Wildman–Crippen LogP) is 17.7. The number of fused-ring (bicyclic) bond motifs is 4. The smallest absolute Gasteiger partial charge is 0.146 e. The number of allylic oxidation sites excluding steroid dienone is 12. The molecular formula is C71H74N4Si2. The molecule has 0 fully saturated rings. The van der Waals surface area contributed by atoms with Crippen molar-refractivity contribution in [2.75, 3.05) is 0 Å². The maximum atomic E-state index is 6.29. The Bertz CT molecular complexity index is 3500. The van der Waals surface area contributed by atoms with Gasteiger partial charge in [-0.1, -0.05) is 161 Å². The number of nitrogens with zero attached hydrogens (tertiary/aromatic N) is 4. The molecule has 0 radical (unpaired) electrons. The zero-order chi connectivity index (χ0) is 55.1. The Hall–Kier alpha value is -7.41. The molecule has 6 heteroatoms. The van der Waals surface area contributed by atoms with Crippen LogP contribution in [0.2, 0.25) is 33.2 Å². The molecule has 8 bridgehead atoms. The van der Waals surface area contributed by atoms with E-state index in [0.717, 1.165) is 107 Å². The van der Waals surface area contributed by atoms with Crippen molar-refractivity contribution in [3.05, 3.63) is 212 Å². The molecular weight excluding hydrogens is 965 g/mol. The monoisotopic (exact) mass is 1040 g/mol. The molecule has 4 aromatic carbocycles. The highest BCUT2D eigenvalue weighted by Gasteiger charge is 2.43. The largest absolute Gasteiger partial charge is 0.248 e. The summed E-state index contributed by atoms with van der Waals surface area (Å²) in [5.74, 6) is 10.3. The highest BCUT2D eigenvalue weighted by Crippen LogP contribution is 2.44. The van der Waals surface area contributed by atoms with Crippen molar-refractivity contribution in [1.29, 1.82) is 0 Å². The van der Waals surface area contributed by atoms with Crippen LogP contribution in [0.4, 0.5) is 0 Å². The topological polar surface area (TPSA) is 49.4 Å². The van der Waals surface area contributed by atoms with E-state index >= 15 is 0 Å². The van der Waals surface area contributed by atoms with Crippen molar-refractivity contribution in [2.24, 2.45) is 20.0 Å². The van der Waals surface area contributed by atoms with E-state index in [4.69, 9.17) is 26.4 Å². The second-order valence-electron chi connectivity index (χ2n) is 23.3. The molecule has 0 atom stereocenters. The molecule has 0 amide bonds. The maximum absolute atomic E-state index is 6.29. The van der Waals surface area contributed by atoms with Gasteiger partial charge in [0.05, 0.1) is 45.6 Å². The highest BCUT2D eigenvalue weighted by molar-refractivity contribution is 6.91. The molecule has 5 aliphatic rings. The summed E-state index contributed by atoms with van der Waals surface area (Å²) in [7, 11) is -3.89. The van der Waals surface area contributed by atoms with Gasteiger partial charge in [-0.2, -0.15) is 0 Å². The number of aryl methyl sites for hydroxylation is 3. The lowest BCUT2D eigenvalue weighted by Crippen LogP contribution is -2.43. The summed E-state index contributed by atoms with van der Waals surface area (Å²) in [6.07, 6.45) is 23.3. The van der Waals surface area contributed by atoms with Crippen molar-refractivity contribution in [3.63, 3.8) is 0 Å². The van der Waals surface area contributed by atoms with Gasteiger partial charge in [-0.3, -0.25) is 0 Å². The third kappa shape index (κ3) is 10.1. The Balaban J connectivity index is 1.29. The van der Waals surface area contributed by atoms with Crippen LogP contribution < -0.4 is 0 Å². The summed E-state index contributed by atoms with van der Waals surface area (Å²) in [5.41, 5.74) is 31.6. The van der Waals surface area contributed by atoms with Crippen LogP contribution in [0.3, 0.4) is 0 Å². The molecule has 5 aliphatic heterocycles. The minimum Gasteiger partial charge on any atom is -0.248 e. The predicted molar refractivity (Wildman–Crippen MR) is 338 cm³/mol. The second kappa shape index (κ2) is 21.9. The molecule has 0 saturated carbocycles. The van der Waals surface area contributed by atoms with E-state index in [1.165, 1.54) is 16.7 Å². The fourth-order valence-corrected chi connectivity index (χ4v) is 23.7. The van der Waals surface area contributed by atoms with Crippen LogP contribution >= 0.6 is 0 Å². The van der Waals surface area contributed by atoms with Crippen LogP contribution in [0.15, 0.2) is 176 Å². The Labute approximate surface area is 463 Å². The normalized spacial score (nSPS) is 16.1. The second-order valence-corrected chi connectivity index (χ2v) is 34.4. The quantitative estimate of drug-likeness (QED) is 0.112. The van der Waals surface area contributed by atoms with Gasteiger partial charge in [0.1, 0.15) is 16.1 Å². The molecule has 77 heavy (non-hydrogen) atoms. The Kier molecular flexibility index (Phi) is 15.5. The average molecular weight is 1040 g/mol. The summed E-state index contributed by atoms with van der Waals surface area (Å²) < 4.78 is 0. The first kappa shape index (κ1) is 54.4. The Morgan fingerprint density at radius 1 is 0.403 bits per heavy atom. The lowest BCUT2D eigenvalue weighted by Gasteiger charge is -2.38. The van der Waals surface area contributed by atoms with E-state index in [1.807, 2.05) is 18.2 Å². The maximum Gasteiger partial charge on any atom is 0.146 e. The van der Waals surface area contributed by atoms with E-state index in [0.29, 0.717) is 33.2 Å². The highest BCUT2D eigenvalue weighted by atomic mass is 28.3. The van der Waals surface area contributed by atoms with Crippen molar-refractivity contribution >= 4 is 61.3 Å². The van der Waals surface area contributed by atoms with E-state index in [9.17, 15) is 0 Å². The summed E-state index contributed by atoms with van der Waals surface area (Å²) in [4.78, 5) is 22.3. The van der Waals surface area contributed by atoms with Gasteiger partial charge >= 0.3 is 0 Å². The molecule has 4 aromatic rings. The zero-order valence-corrected chi connectivity index (χ0v) is 50.0. The fourth-order valence-electron chi connectivity index (χ4n) is 13.3. The molecule has 9 rings (SSSR count). The van der Waals surface area contributed by atoms with Gasteiger partial charge in [0, 0.05) is 44.5 Å². The summed E-state index contributed by atoms with van der Waals surface area (Å²) in [6, 6.07) is 30.0. The van der Waals surface area contributed by atoms with Gasteiger partial charge in [0.25, 0.3) is 0 Å². The minimum absolute atomic E-state index is 0.543. The Morgan fingerprint density at radius 2 is 0.740 bits per heavy atom. The van der Waals surface area contributed by atoms with Crippen molar-refractivity contribution in [1.82, 2.24) is 0 Å². The summed E-state index contributed by atoms with van der Waals surface area (Å²) in [6.45, 7) is 34.9. The third-order valence-electron chi connectivity index (χ3n) is 16.8. The van der Waals surface area contributed by atoms with Crippen LogP contribution in [0.25, 0.3) is 22.3 Å². The molecule has 0 N–H and O–H groups in total.